The molecule has 1 aromatic rings. The van der Waals surface area contributed by atoms with Gasteiger partial charge in [0.05, 0.1) is 12.3 Å². The van der Waals surface area contributed by atoms with Crippen molar-refractivity contribution in [3.63, 3.8) is 0 Å². The zero-order valence-corrected chi connectivity index (χ0v) is 11.5. The quantitative estimate of drug-likeness (QED) is 0.859. The predicted octanol–water partition coefficient (Wildman–Crippen LogP) is 2.69. The molecule has 108 valence electrons. The molecule has 1 amide bonds. The summed E-state index contributed by atoms with van der Waals surface area (Å²) in [7, 11) is 0. The molecule has 1 atom stereocenters. The fraction of sp³-hybridized carbons (Fsp3) is 0.467. The molecule has 0 aromatic heterocycles. The van der Waals surface area contributed by atoms with E-state index >= 15 is 0 Å². The van der Waals surface area contributed by atoms with E-state index in [1.54, 1.807) is 6.92 Å². The maximum atomic E-state index is 11.4. The van der Waals surface area contributed by atoms with Crippen LogP contribution in [0.3, 0.4) is 0 Å². The summed E-state index contributed by atoms with van der Waals surface area (Å²) >= 11 is 0. The van der Waals surface area contributed by atoms with Crippen LogP contribution in [0.2, 0.25) is 0 Å². The number of benzene rings is 1. The molecule has 1 unspecified atom stereocenters. The Morgan fingerprint density at radius 3 is 2.85 bits per heavy atom. The van der Waals surface area contributed by atoms with E-state index in [1.165, 1.54) is 4.90 Å². The van der Waals surface area contributed by atoms with Crippen molar-refractivity contribution in [2.24, 2.45) is 5.92 Å². The Morgan fingerprint density at radius 2 is 2.15 bits per heavy atom. The second-order valence-electron chi connectivity index (χ2n) is 4.94. The Balaban J connectivity index is 2.05. The summed E-state index contributed by atoms with van der Waals surface area (Å²) in [4.78, 5) is 24.1. The average Bonchev–Trinajstić information content (AvgIpc) is 2.44. The standard InChI is InChI=1S/C15H19NO4/c1-2-20-14(17)8-7-11-9-12-5-3-4-6-13(12)16(10-11)15(18)19/h3-6,11H,2,7-10H2,1H3,(H,18,19). The zero-order chi connectivity index (χ0) is 14.5. The Labute approximate surface area is 118 Å². The van der Waals surface area contributed by atoms with Crippen LogP contribution in [0.25, 0.3) is 0 Å². The van der Waals surface area contributed by atoms with Crippen molar-refractivity contribution in [2.75, 3.05) is 18.1 Å². The van der Waals surface area contributed by atoms with Crippen molar-refractivity contribution in [1.29, 1.82) is 0 Å². The number of esters is 1. The number of hydrogen-bond acceptors (Lipinski definition) is 3. The van der Waals surface area contributed by atoms with Crippen LogP contribution in [-0.2, 0) is 16.0 Å². The number of anilines is 1. The number of rotatable bonds is 4. The smallest absolute Gasteiger partial charge is 0.411 e. The second-order valence-corrected chi connectivity index (χ2v) is 4.94. The maximum absolute atomic E-state index is 11.4. The first-order valence-corrected chi connectivity index (χ1v) is 6.85. The summed E-state index contributed by atoms with van der Waals surface area (Å²) in [6, 6.07) is 7.52. The molecular weight excluding hydrogens is 258 g/mol. The van der Waals surface area contributed by atoms with E-state index < -0.39 is 6.09 Å². The molecule has 0 saturated carbocycles. The third-order valence-electron chi connectivity index (χ3n) is 3.52. The van der Waals surface area contributed by atoms with E-state index in [1.807, 2.05) is 24.3 Å². The first-order valence-electron chi connectivity index (χ1n) is 6.85. The molecule has 1 aliphatic rings. The van der Waals surface area contributed by atoms with Gasteiger partial charge < -0.3 is 9.84 Å². The van der Waals surface area contributed by atoms with E-state index in [0.717, 1.165) is 17.7 Å². The van der Waals surface area contributed by atoms with Crippen LogP contribution in [0.4, 0.5) is 10.5 Å². The second kappa shape index (κ2) is 6.41. The topological polar surface area (TPSA) is 66.8 Å². The van der Waals surface area contributed by atoms with Crippen LogP contribution in [-0.4, -0.2) is 30.3 Å². The van der Waals surface area contributed by atoms with Gasteiger partial charge in [0.15, 0.2) is 0 Å². The number of carboxylic acid groups (broad SMARTS) is 1. The lowest BCUT2D eigenvalue weighted by Crippen LogP contribution is -2.39. The average molecular weight is 277 g/mol. The van der Waals surface area contributed by atoms with E-state index in [9.17, 15) is 14.7 Å². The van der Waals surface area contributed by atoms with Crippen LogP contribution in [0.5, 0.6) is 0 Å². The highest BCUT2D eigenvalue weighted by Crippen LogP contribution is 2.31. The number of fused-ring (bicyclic) bond motifs is 1. The number of nitrogens with zero attached hydrogens (tertiary/aromatic N) is 1. The van der Waals surface area contributed by atoms with Gasteiger partial charge in [-0.2, -0.15) is 0 Å². The Kier molecular flexibility index (Phi) is 4.61. The first kappa shape index (κ1) is 14.4. The molecule has 0 aliphatic carbocycles. The zero-order valence-electron chi connectivity index (χ0n) is 11.5. The number of ether oxygens (including phenoxy) is 1. The molecular formula is C15H19NO4. The third-order valence-corrected chi connectivity index (χ3v) is 3.52. The summed E-state index contributed by atoms with van der Waals surface area (Å²) in [5.74, 6) is -0.0568. The predicted molar refractivity (Wildman–Crippen MR) is 74.9 cm³/mol. The highest BCUT2D eigenvalue weighted by atomic mass is 16.5. The van der Waals surface area contributed by atoms with Crippen LogP contribution < -0.4 is 4.90 Å². The summed E-state index contributed by atoms with van der Waals surface area (Å²) in [6.07, 6.45) is 0.850. The minimum atomic E-state index is -0.946. The van der Waals surface area contributed by atoms with Crippen molar-refractivity contribution in [2.45, 2.75) is 26.2 Å². The fourth-order valence-electron chi connectivity index (χ4n) is 2.61. The van der Waals surface area contributed by atoms with Gasteiger partial charge in [0.25, 0.3) is 0 Å². The van der Waals surface area contributed by atoms with Crippen LogP contribution in [0.1, 0.15) is 25.3 Å². The fourth-order valence-corrected chi connectivity index (χ4v) is 2.61. The van der Waals surface area contributed by atoms with Gasteiger partial charge in [0.2, 0.25) is 0 Å². The number of carbonyl (C=O) groups excluding carboxylic acids is 1. The maximum Gasteiger partial charge on any atom is 0.411 e. The summed E-state index contributed by atoms with van der Waals surface area (Å²) in [6.45, 7) is 2.60. The Hall–Kier alpha value is -2.04. The van der Waals surface area contributed by atoms with Crippen molar-refractivity contribution in [3.8, 4) is 0 Å². The lowest BCUT2D eigenvalue weighted by Gasteiger charge is -2.32. The number of para-hydroxylation sites is 1. The van der Waals surface area contributed by atoms with Gasteiger partial charge in [-0.1, -0.05) is 18.2 Å². The number of carbonyl (C=O) groups is 2. The van der Waals surface area contributed by atoms with Crippen LogP contribution in [0, 0.1) is 5.92 Å². The highest BCUT2D eigenvalue weighted by molar-refractivity contribution is 5.87. The van der Waals surface area contributed by atoms with E-state index in [-0.39, 0.29) is 11.9 Å². The van der Waals surface area contributed by atoms with E-state index in [4.69, 9.17) is 4.74 Å². The molecule has 0 spiro atoms. The van der Waals surface area contributed by atoms with Crippen molar-refractivity contribution < 1.29 is 19.4 Å². The molecule has 0 fully saturated rings. The summed E-state index contributed by atoms with van der Waals surface area (Å²) < 4.78 is 4.91. The molecule has 0 bridgehead atoms. The third kappa shape index (κ3) is 3.29. The van der Waals surface area contributed by atoms with E-state index in [2.05, 4.69) is 0 Å². The summed E-state index contributed by atoms with van der Waals surface area (Å²) in [5, 5.41) is 9.30. The normalized spacial score (nSPS) is 17.4. The van der Waals surface area contributed by atoms with Crippen molar-refractivity contribution in [3.05, 3.63) is 29.8 Å². The van der Waals surface area contributed by atoms with Crippen LogP contribution >= 0.6 is 0 Å². The molecule has 1 heterocycles. The number of amides is 1. The highest BCUT2D eigenvalue weighted by Gasteiger charge is 2.28. The molecule has 0 radical (unpaired) electrons. The van der Waals surface area contributed by atoms with Gasteiger partial charge >= 0.3 is 12.1 Å². The van der Waals surface area contributed by atoms with Gasteiger partial charge in [-0.25, -0.2) is 4.79 Å². The molecule has 5 nitrogen and oxygen atoms in total. The van der Waals surface area contributed by atoms with Gasteiger partial charge in [0, 0.05) is 13.0 Å². The van der Waals surface area contributed by atoms with E-state index in [0.29, 0.717) is 26.0 Å². The monoisotopic (exact) mass is 277 g/mol. The summed E-state index contributed by atoms with van der Waals surface area (Å²) in [5.41, 5.74) is 1.78. The van der Waals surface area contributed by atoms with Gasteiger partial charge in [0.1, 0.15) is 0 Å². The van der Waals surface area contributed by atoms with Crippen molar-refractivity contribution in [1.82, 2.24) is 0 Å². The molecule has 20 heavy (non-hydrogen) atoms. The lowest BCUT2D eigenvalue weighted by atomic mass is 9.89. The Bertz CT molecular complexity index is 500. The molecule has 2 rings (SSSR count). The molecule has 1 aliphatic heterocycles. The largest absolute Gasteiger partial charge is 0.466 e. The van der Waals surface area contributed by atoms with Gasteiger partial charge in [-0.05, 0) is 37.3 Å². The minimum absolute atomic E-state index is 0.158. The van der Waals surface area contributed by atoms with Gasteiger partial charge in [-0.15, -0.1) is 0 Å². The molecule has 1 aromatic carbocycles. The van der Waals surface area contributed by atoms with Crippen LogP contribution in [0.15, 0.2) is 24.3 Å². The lowest BCUT2D eigenvalue weighted by molar-refractivity contribution is -0.143. The van der Waals surface area contributed by atoms with Crippen molar-refractivity contribution >= 4 is 17.7 Å². The first-order chi connectivity index (χ1) is 9.61. The number of hydrogen-bond donors (Lipinski definition) is 1. The van der Waals surface area contributed by atoms with Gasteiger partial charge in [-0.3, -0.25) is 9.69 Å². The molecule has 5 heteroatoms. The minimum Gasteiger partial charge on any atom is -0.466 e. The molecule has 1 N–H and O–H groups in total. The molecule has 0 saturated heterocycles. The SMILES string of the molecule is CCOC(=O)CCC1Cc2ccccc2N(C(=O)O)C1. The Morgan fingerprint density at radius 1 is 1.40 bits per heavy atom.